The number of nitrogens with zero attached hydrogens (tertiary/aromatic N) is 3. The number of hydrogen-bond acceptors (Lipinski definition) is 4. The zero-order valence-electron chi connectivity index (χ0n) is 16.3. The largest absolute Gasteiger partial charge is 0.462 e. The van der Waals surface area contributed by atoms with Gasteiger partial charge in [-0.1, -0.05) is 31.2 Å². The molecule has 0 bridgehead atoms. The van der Waals surface area contributed by atoms with Gasteiger partial charge in [0.25, 0.3) is 0 Å². The molecule has 0 atom stereocenters. The number of nitriles is 2. The van der Waals surface area contributed by atoms with Crippen LogP contribution in [-0.4, -0.2) is 17.1 Å². The van der Waals surface area contributed by atoms with Crippen LogP contribution in [0.3, 0.4) is 0 Å². The van der Waals surface area contributed by atoms with E-state index in [0.717, 1.165) is 23.1 Å². The molecule has 3 rings (SSSR count). The highest BCUT2D eigenvalue weighted by Crippen LogP contribution is 2.19. The molecule has 144 valence electrons. The molecule has 29 heavy (non-hydrogen) atoms. The Hall–Kier alpha value is -3.83. The SMILES string of the molecule is CCCOC(=O)c1cn(Cc2cccc(C#N)c2)cc1Cc1ccc(C#N)cc1. The number of esters is 1. The molecular formula is C24H21N3O2. The Morgan fingerprint density at radius 3 is 2.45 bits per heavy atom. The van der Waals surface area contributed by atoms with Crippen LogP contribution in [0.4, 0.5) is 0 Å². The lowest BCUT2D eigenvalue weighted by Crippen LogP contribution is -2.07. The Morgan fingerprint density at radius 2 is 1.76 bits per heavy atom. The fraction of sp³-hybridized carbons (Fsp3) is 0.208. The van der Waals surface area contributed by atoms with Crippen molar-refractivity contribution < 1.29 is 9.53 Å². The second kappa shape index (κ2) is 9.39. The van der Waals surface area contributed by atoms with Gasteiger partial charge in [-0.05, 0) is 53.8 Å². The van der Waals surface area contributed by atoms with Gasteiger partial charge in [0.15, 0.2) is 0 Å². The van der Waals surface area contributed by atoms with Gasteiger partial charge < -0.3 is 9.30 Å². The van der Waals surface area contributed by atoms with Gasteiger partial charge in [0.1, 0.15) is 0 Å². The summed E-state index contributed by atoms with van der Waals surface area (Å²) in [6, 6.07) is 19.0. The van der Waals surface area contributed by atoms with Crippen LogP contribution in [0.15, 0.2) is 60.9 Å². The summed E-state index contributed by atoms with van der Waals surface area (Å²) in [6.45, 7) is 2.89. The molecule has 1 heterocycles. The maximum Gasteiger partial charge on any atom is 0.339 e. The topological polar surface area (TPSA) is 78.8 Å². The first kappa shape index (κ1) is 19.9. The molecule has 1 aromatic heterocycles. The molecule has 0 amide bonds. The lowest BCUT2D eigenvalue weighted by Gasteiger charge is -2.05. The molecule has 0 spiro atoms. The highest BCUT2D eigenvalue weighted by atomic mass is 16.5. The number of aromatic nitrogens is 1. The van der Waals surface area contributed by atoms with Crippen molar-refractivity contribution in [2.75, 3.05) is 6.61 Å². The first-order chi connectivity index (χ1) is 14.1. The summed E-state index contributed by atoms with van der Waals surface area (Å²) in [6.07, 6.45) is 5.07. The van der Waals surface area contributed by atoms with Crippen LogP contribution in [0.5, 0.6) is 0 Å². The molecule has 0 aliphatic heterocycles. The van der Waals surface area contributed by atoms with E-state index in [4.69, 9.17) is 15.3 Å². The molecule has 0 aliphatic carbocycles. The Morgan fingerprint density at radius 1 is 1.00 bits per heavy atom. The van der Waals surface area contributed by atoms with Gasteiger partial charge in [0.2, 0.25) is 0 Å². The predicted octanol–water partition coefficient (Wildman–Crippen LogP) is 4.44. The molecule has 5 heteroatoms. The average Bonchev–Trinajstić information content (AvgIpc) is 3.14. The number of ether oxygens (including phenoxy) is 1. The van der Waals surface area contributed by atoms with Crippen LogP contribution in [0.1, 0.15) is 51.5 Å². The Bertz CT molecular complexity index is 1080. The Labute approximate surface area is 170 Å². The van der Waals surface area contributed by atoms with Crippen molar-refractivity contribution in [3.63, 3.8) is 0 Å². The van der Waals surface area contributed by atoms with Crippen LogP contribution in [0.2, 0.25) is 0 Å². The lowest BCUT2D eigenvalue weighted by atomic mass is 10.0. The van der Waals surface area contributed by atoms with Crippen LogP contribution >= 0.6 is 0 Å². The summed E-state index contributed by atoms with van der Waals surface area (Å²) in [4.78, 5) is 12.6. The maximum absolute atomic E-state index is 12.6. The van der Waals surface area contributed by atoms with Crippen LogP contribution in [0, 0.1) is 22.7 Å². The third-order valence-electron chi connectivity index (χ3n) is 4.52. The van der Waals surface area contributed by atoms with Gasteiger partial charge in [0, 0.05) is 18.9 Å². The summed E-state index contributed by atoms with van der Waals surface area (Å²) in [5.74, 6) is -0.333. The number of carbonyl (C=O) groups is 1. The molecule has 0 N–H and O–H groups in total. The van der Waals surface area contributed by atoms with E-state index in [-0.39, 0.29) is 5.97 Å². The van der Waals surface area contributed by atoms with E-state index in [1.807, 2.05) is 48.0 Å². The van der Waals surface area contributed by atoms with Gasteiger partial charge in [0.05, 0.1) is 35.4 Å². The smallest absolute Gasteiger partial charge is 0.339 e. The fourth-order valence-corrected chi connectivity index (χ4v) is 3.11. The number of carbonyl (C=O) groups excluding carboxylic acids is 1. The standard InChI is InChI=1S/C24H21N3O2/c1-2-10-29-24(28)23-17-27(15-21-5-3-4-20(11-21)14-26)16-22(23)12-18-6-8-19(13-25)9-7-18/h3-9,11,16-17H,2,10,12,15H2,1H3. The summed E-state index contributed by atoms with van der Waals surface area (Å²) < 4.78 is 7.30. The summed E-state index contributed by atoms with van der Waals surface area (Å²) in [5.41, 5.74) is 4.61. The molecule has 0 saturated heterocycles. The second-order valence-electron chi connectivity index (χ2n) is 6.80. The molecule has 0 fully saturated rings. The van der Waals surface area contributed by atoms with E-state index in [1.165, 1.54) is 0 Å². The van der Waals surface area contributed by atoms with E-state index in [2.05, 4.69) is 12.1 Å². The van der Waals surface area contributed by atoms with Crippen molar-refractivity contribution in [1.29, 1.82) is 10.5 Å². The van der Waals surface area contributed by atoms with Gasteiger partial charge in [-0.25, -0.2) is 4.79 Å². The summed E-state index contributed by atoms with van der Waals surface area (Å²) in [7, 11) is 0. The van der Waals surface area contributed by atoms with Gasteiger partial charge in [-0.15, -0.1) is 0 Å². The molecule has 0 unspecified atom stereocenters. The van der Waals surface area contributed by atoms with Crippen LogP contribution in [0.25, 0.3) is 0 Å². The molecule has 0 saturated carbocycles. The molecule has 0 aliphatic rings. The van der Waals surface area contributed by atoms with Crippen LogP contribution < -0.4 is 0 Å². The summed E-state index contributed by atoms with van der Waals surface area (Å²) in [5, 5.41) is 18.1. The van der Waals surface area contributed by atoms with E-state index < -0.39 is 0 Å². The molecule has 5 nitrogen and oxygen atoms in total. The third kappa shape index (κ3) is 5.12. The van der Waals surface area contributed by atoms with Crippen LogP contribution in [-0.2, 0) is 17.7 Å². The molecule has 2 aromatic carbocycles. The molecule has 0 radical (unpaired) electrons. The zero-order chi connectivity index (χ0) is 20.6. The Kier molecular flexibility index (Phi) is 6.45. The highest BCUT2D eigenvalue weighted by Gasteiger charge is 2.16. The average molecular weight is 383 g/mol. The normalized spacial score (nSPS) is 10.2. The van der Waals surface area contributed by atoms with Crippen molar-refractivity contribution in [1.82, 2.24) is 4.57 Å². The quantitative estimate of drug-likeness (QED) is 0.565. The highest BCUT2D eigenvalue weighted by molar-refractivity contribution is 5.91. The fourth-order valence-electron chi connectivity index (χ4n) is 3.11. The van der Waals surface area contributed by atoms with Crippen molar-refractivity contribution in [3.05, 3.63) is 94.3 Å². The number of hydrogen-bond donors (Lipinski definition) is 0. The van der Waals surface area contributed by atoms with E-state index in [9.17, 15) is 4.79 Å². The van der Waals surface area contributed by atoms with E-state index in [1.54, 1.807) is 24.4 Å². The third-order valence-corrected chi connectivity index (χ3v) is 4.52. The molecular weight excluding hydrogens is 362 g/mol. The predicted molar refractivity (Wildman–Crippen MR) is 109 cm³/mol. The zero-order valence-corrected chi connectivity index (χ0v) is 16.3. The second-order valence-corrected chi connectivity index (χ2v) is 6.80. The monoisotopic (exact) mass is 383 g/mol. The first-order valence-electron chi connectivity index (χ1n) is 9.46. The van der Waals surface area contributed by atoms with Gasteiger partial charge >= 0.3 is 5.97 Å². The Balaban J connectivity index is 1.88. The number of benzene rings is 2. The summed E-state index contributed by atoms with van der Waals surface area (Å²) >= 11 is 0. The minimum atomic E-state index is -0.333. The van der Waals surface area contributed by atoms with Crippen molar-refractivity contribution >= 4 is 5.97 Å². The minimum absolute atomic E-state index is 0.333. The van der Waals surface area contributed by atoms with Crippen molar-refractivity contribution in [2.24, 2.45) is 0 Å². The molecule has 3 aromatic rings. The lowest BCUT2D eigenvalue weighted by molar-refractivity contribution is 0.0504. The van der Waals surface area contributed by atoms with Gasteiger partial charge in [-0.2, -0.15) is 10.5 Å². The van der Waals surface area contributed by atoms with Crippen molar-refractivity contribution in [2.45, 2.75) is 26.3 Å². The van der Waals surface area contributed by atoms with Crippen molar-refractivity contribution in [3.8, 4) is 12.1 Å². The van der Waals surface area contributed by atoms with E-state index >= 15 is 0 Å². The maximum atomic E-state index is 12.6. The first-order valence-corrected chi connectivity index (χ1v) is 9.46. The van der Waals surface area contributed by atoms with Gasteiger partial charge in [-0.3, -0.25) is 0 Å². The van der Waals surface area contributed by atoms with E-state index in [0.29, 0.717) is 36.3 Å². The number of rotatable bonds is 7. The minimum Gasteiger partial charge on any atom is -0.462 e.